The van der Waals surface area contributed by atoms with Crippen LogP contribution in [0.3, 0.4) is 0 Å². The van der Waals surface area contributed by atoms with Gasteiger partial charge in [-0.3, -0.25) is 14.5 Å². The molecule has 1 amide bonds. The van der Waals surface area contributed by atoms with Crippen LogP contribution in [0.4, 0.5) is 0 Å². The molecule has 1 aliphatic rings. The van der Waals surface area contributed by atoms with Gasteiger partial charge in [-0.05, 0) is 29.8 Å². The highest BCUT2D eigenvalue weighted by Crippen LogP contribution is 2.20. The van der Waals surface area contributed by atoms with Gasteiger partial charge in [-0.15, -0.1) is 0 Å². The Bertz CT molecular complexity index is 869. The molecule has 0 spiro atoms. The lowest BCUT2D eigenvalue weighted by Crippen LogP contribution is -2.48. The molecule has 0 aliphatic carbocycles. The van der Waals surface area contributed by atoms with E-state index in [4.69, 9.17) is 9.84 Å². The minimum atomic E-state index is -0.504. The maximum atomic E-state index is 12.8. The summed E-state index contributed by atoms with van der Waals surface area (Å²) in [6.07, 6.45) is 2.96. The summed E-state index contributed by atoms with van der Waals surface area (Å²) in [5.41, 5.74) is 2.59. The number of aliphatic hydroxyl groups excluding tert-OH is 1. The first-order chi connectivity index (χ1) is 14.1. The Morgan fingerprint density at radius 3 is 2.38 bits per heavy atom. The van der Waals surface area contributed by atoms with Crippen LogP contribution in [-0.4, -0.2) is 66.5 Å². The molecule has 0 bridgehead atoms. The maximum absolute atomic E-state index is 12.8. The quantitative estimate of drug-likeness (QED) is 0.730. The predicted octanol–water partition coefficient (Wildman–Crippen LogP) is 2.23. The topological polar surface area (TPSA) is 70.1 Å². The van der Waals surface area contributed by atoms with Crippen molar-refractivity contribution in [3.05, 3.63) is 71.3 Å². The predicted molar refractivity (Wildman–Crippen MR) is 112 cm³/mol. The number of ketones is 1. The zero-order chi connectivity index (χ0) is 20.6. The summed E-state index contributed by atoms with van der Waals surface area (Å²) in [7, 11) is 1.68. The van der Waals surface area contributed by atoms with Crippen LogP contribution in [0.5, 0.6) is 5.75 Å². The molecule has 0 saturated carbocycles. The van der Waals surface area contributed by atoms with E-state index in [0.717, 1.165) is 36.5 Å². The molecule has 0 unspecified atom stereocenters. The third kappa shape index (κ3) is 5.53. The van der Waals surface area contributed by atoms with Crippen LogP contribution in [0.15, 0.2) is 54.6 Å². The van der Waals surface area contributed by atoms with Crippen LogP contribution in [0.25, 0.3) is 6.08 Å². The number of amides is 1. The summed E-state index contributed by atoms with van der Waals surface area (Å²) in [5.74, 6) is 0.556. The Hall–Kier alpha value is -2.96. The van der Waals surface area contributed by atoms with Crippen molar-refractivity contribution in [3.8, 4) is 5.75 Å². The molecule has 0 radical (unpaired) electrons. The highest BCUT2D eigenvalue weighted by atomic mass is 16.5. The Balaban J connectivity index is 1.54. The number of carbonyl (C=O) groups is 2. The van der Waals surface area contributed by atoms with Crippen molar-refractivity contribution in [3.63, 3.8) is 0 Å². The van der Waals surface area contributed by atoms with Crippen LogP contribution in [0, 0.1) is 0 Å². The second-order valence-electron chi connectivity index (χ2n) is 6.96. The van der Waals surface area contributed by atoms with E-state index >= 15 is 0 Å². The minimum absolute atomic E-state index is 0.0175. The van der Waals surface area contributed by atoms with Crippen molar-refractivity contribution in [2.45, 2.75) is 6.54 Å². The van der Waals surface area contributed by atoms with E-state index < -0.39 is 6.61 Å². The number of nitrogens with zero attached hydrogens (tertiary/aromatic N) is 2. The van der Waals surface area contributed by atoms with Gasteiger partial charge < -0.3 is 14.7 Å². The largest absolute Gasteiger partial charge is 0.496 e. The molecule has 1 fully saturated rings. The van der Waals surface area contributed by atoms with Gasteiger partial charge in [-0.2, -0.15) is 0 Å². The van der Waals surface area contributed by atoms with Crippen molar-refractivity contribution in [2.24, 2.45) is 0 Å². The van der Waals surface area contributed by atoms with Gasteiger partial charge in [0.05, 0.1) is 7.11 Å². The van der Waals surface area contributed by atoms with E-state index in [1.807, 2.05) is 23.1 Å². The van der Waals surface area contributed by atoms with Crippen molar-refractivity contribution >= 4 is 17.8 Å². The average Bonchev–Trinajstić information content (AvgIpc) is 2.78. The van der Waals surface area contributed by atoms with Crippen LogP contribution in [-0.2, 0) is 11.3 Å². The third-order valence-electron chi connectivity index (χ3n) is 5.02. The fraction of sp³-hybridized carbons (Fsp3) is 0.304. The molecule has 6 nitrogen and oxygen atoms in total. The van der Waals surface area contributed by atoms with Crippen LogP contribution < -0.4 is 4.74 Å². The number of para-hydroxylation sites is 1. The van der Waals surface area contributed by atoms with Crippen LogP contribution in [0.2, 0.25) is 0 Å². The number of benzene rings is 2. The molecule has 2 aromatic carbocycles. The molecule has 1 aliphatic heterocycles. The number of hydrogen-bond acceptors (Lipinski definition) is 5. The average molecular weight is 394 g/mol. The van der Waals surface area contributed by atoms with Gasteiger partial charge in [0, 0.05) is 43.9 Å². The number of hydrogen-bond donors (Lipinski definition) is 1. The molecule has 29 heavy (non-hydrogen) atoms. The van der Waals surface area contributed by atoms with E-state index in [2.05, 4.69) is 11.0 Å². The Labute approximate surface area is 171 Å². The number of ether oxygens (including phenoxy) is 1. The molecular weight excluding hydrogens is 368 g/mol. The number of aliphatic hydroxyl groups is 1. The second-order valence-corrected chi connectivity index (χ2v) is 6.96. The summed E-state index contributed by atoms with van der Waals surface area (Å²) in [6, 6.07) is 15.1. The number of carbonyl (C=O) groups excluding carboxylic acids is 2. The van der Waals surface area contributed by atoms with Gasteiger partial charge in [0.2, 0.25) is 0 Å². The fourth-order valence-electron chi connectivity index (χ4n) is 3.34. The van der Waals surface area contributed by atoms with Crippen LogP contribution >= 0.6 is 0 Å². The zero-order valence-corrected chi connectivity index (χ0v) is 16.6. The van der Waals surface area contributed by atoms with Gasteiger partial charge >= 0.3 is 0 Å². The molecule has 1 heterocycles. The molecule has 0 aromatic heterocycles. The smallest absolute Gasteiger partial charge is 0.253 e. The van der Waals surface area contributed by atoms with Crippen molar-refractivity contribution < 1.29 is 19.4 Å². The van der Waals surface area contributed by atoms with E-state index in [1.165, 1.54) is 6.08 Å². The lowest BCUT2D eigenvalue weighted by atomic mass is 10.1. The standard InChI is InChI=1S/C23H26N2O4/c1-29-22-5-3-2-4-20(22)16-24-12-14-25(15-13-24)23(28)19-9-6-18(7-10-19)8-11-21(27)17-26/h2-11,26H,12-17H2,1H3/b11-8+. The molecule has 6 heteroatoms. The molecule has 1 N–H and O–H groups in total. The van der Waals surface area contributed by atoms with E-state index in [0.29, 0.717) is 18.7 Å². The van der Waals surface area contributed by atoms with Crippen molar-refractivity contribution in [2.75, 3.05) is 39.9 Å². The Morgan fingerprint density at radius 2 is 1.72 bits per heavy atom. The number of methoxy groups -OCH3 is 1. The van der Waals surface area contributed by atoms with E-state index in [1.54, 1.807) is 37.5 Å². The van der Waals surface area contributed by atoms with Crippen LogP contribution in [0.1, 0.15) is 21.5 Å². The summed E-state index contributed by atoms with van der Waals surface area (Å²) in [5, 5.41) is 8.74. The molecule has 0 atom stereocenters. The molecule has 3 rings (SSSR count). The molecular formula is C23H26N2O4. The first-order valence-electron chi connectivity index (χ1n) is 9.66. The summed E-state index contributed by atoms with van der Waals surface area (Å²) >= 11 is 0. The van der Waals surface area contributed by atoms with Gasteiger partial charge in [0.15, 0.2) is 5.78 Å². The number of rotatable bonds is 7. The summed E-state index contributed by atoms with van der Waals surface area (Å²) in [6.45, 7) is 3.29. The zero-order valence-electron chi connectivity index (χ0n) is 16.6. The van der Waals surface area contributed by atoms with Gasteiger partial charge in [-0.1, -0.05) is 36.4 Å². The number of piperazine rings is 1. The lowest BCUT2D eigenvalue weighted by molar-refractivity contribution is -0.117. The molecule has 152 valence electrons. The third-order valence-corrected chi connectivity index (χ3v) is 5.02. The van der Waals surface area contributed by atoms with Crippen molar-refractivity contribution in [1.82, 2.24) is 9.80 Å². The highest BCUT2D eigenvalue weighted by Gasteiger charge is 2.22. The first kappa shape index (κ1) is 20.8. The first-order valence-corrected chi connectivity index (χ1v) is 9.66. The Kier molecular flexibility index (Phi) is 7.16. The summed E-state index contributed by atoms with van der Waals surface area (Å²) < 4.78 is 5.42. The fourth-order valence-corrected chi connectivity index (χ4v) is 3.34. The van der Waals surface area contributed by atoms with Gasteiger partial charge in [0.25, 0.3) is 5.91 Å². The van der Waals surface area contributed by atoms with E-state index in [9.17, 15) is 9.59 Å². The normalized spacial score (nSPS) is 14.9. The van der Waals surface area contributed by atoms with Gasteiger partial charge in [0.1, 0.15) is 12.4 Å². The van der Waals surface area contributed by atoms with Crippen molar-refractivity contribution in [1.29, 1.82) is 0 Å². The Morgan fingerprint density at radius 1 is 1.03 bits per heavy atom. The van der Waals surface area contributed by atoms with Gasteiger partial charge in [-0.25, -0.2) is 0 Å². The summed E-state index contributed by atoms with van der Waals surface area (Å²) in [4.78, 5) is 28.1. The highest BCUT2D eigenvalue weighted by molar-refractivity contribution is 5.96. The lowest BCUT2D eigenvalue weighted by Gasteiger charge is -2.35. The minimum Gasteiger partial charge on any atom is -0.496 e. The maximum Gasteiger partial charge on any atom is 0.253 e. The monoisotopic (exact) mass is 394 g/mol. The molecule has 1 saturated heterocycles. The molecule has 2 aromatic rings. The SMILES string of the molecule is COc1ccccc1CN1CCN(C(=O)c2ccc(/C=C/C(=O)CO)cc2)CC1. The van der Waals surface area contributed by atoms with E-state index in [-0.39, 0.29) is 11.7 Å². The second kappa shape index (κ2) is 10.0.